The van der Waals surface area contributed by atoms with Crippen LogP contribution < -0.4 is 14.8 Å². The van der Waals surface area contributed by atoms with E-state index in [0.717, 1.165) is 22.1 Å². The van der Waals surface area contributed by atoms with E-state index in [1.807, 2.05) is 38.4 Å². The minimum atomic E-state index is -0.0460. The monoisotopic (exact) mass is 420 g/mol. The van der Waals surface area contributed by atoms with Gasteiger partial charge in [0.25, 0.3) is 0 Å². The van der Waals surface area contributed by atoms with Crippen molar-refractivity contribution in [2.75, 3.05) is 28.3 Å². The van der Waals surface area contributed by atoms with Crippen molar-refractivity contribution in [2.45, 2.75) is 19.5 Å². The lowest BCUT2D eigenvalue weighted by Crippen LogP contribution is -2.24. The largest absolute Gasteiger partial charge is 0.493 e. The Morgan fingerprint density at radius 3 is 2.19 bits per heavy atom. The van der Waals surface area contributed by atoms with E-state index in [2.05, 4.69) is 38.3 Å². The summed E-state index contributed by atoms with van der Waals surface area (Å²) in [6.07, 6.45) is 0.264. The molecule has 2 rings (SSSR count). The van der Waals surface area contributed by atoms with Crippen LogP contribution in [0.2, 0.25) is 0 Å². The molecule has 0 atom stereocenters. The Hall–Kier alpha value is -2.05. The second kappa shape index (κ2) is 9.59. The second-order valence-electron chi connectivity index (χ2n) is 6.31. The van der Waals surface area contributed by atoms with Crippen LogP contribution in [0.1, 0.15) is 16.7 Å². The third-order valence-corrected chi connectivity index (χ3v) is 4.65. The van der Waals surface area contributed by atoms with Crippen molar-refractivity contribution < 1.29 is 14.3 Å². The average molecular weight is 421 g/mol. The number of hydrogen-bond acceptors (Lipinski definition) is 4. The standard InChI is InChI=1S/C20H25BrN2O3/c1-23(2)13-15-7-5-14(6-8-15)12-22-20(24)10-16-9-18(25-3)19(26-4)11-17(16)21/h5-9,11H,10,12-13H2,1-4H3,(H,22,24). The van der Waals surface area contributed by atoms with Gasteiger partial charge in [0.1, 0.15) is 0 Å². The molecule has 0 unspecified atom stereocenters. The summed E-state index contributed by atoms with van der Waals surface area (Å²) < 4.78 is 11.4. The molecule has 0 aliphatic carbocycles. The first-order valence-corrected chi connectivity index (χ1v) is 9.12. The molecule has 26 heavy (non-hydrogen) atoms. The second-order valence-corrected chi connectivity index (χ2v) is 7.16. The number of benzene rings is 2. The van der Waals surface area contributed by atoms with Gasteiger partial charge in [0.05, 0.1) is 20.6 Å². The summed E-state index contributed by atoms with van der Waals surface area (Å²) in [6.45, 7) is 1.41. The maximum atomic E-state index is 12.3. The quantitative estimate of drug-likeness (QED) is 0.710. The summed E-state index contributed by atoms with van der Waals surface area (Å²) in [5.74, 6) is 1.19. The lowest BCUT2D eigenvalue weighted by Gasteiger charge is -2.12. The minimum Gasteiger partial charge on any atom is -0.493 e. The number of ether oxygens (including phenoxy) is 2. The van der Waals surface area contributed by atoms with Gasteiger partial charge in [-0.15, -0.1) is 0 Å². The number of methoxy groups -OCH3 is 2. The van der Waals surface area contributed by atoms with E-state index in [1.54, 1.807) is 14.2 Å². The molecule has 0 aliphatic heterocycles. The highest BCUT2D eigenvalue weighted by molar-refractivity contribution is 9.10. The van der Waals surface area contributed by atoms with E-state index in [4.69, 9.17) is 9.47 Å². The van der Waals surface area contributed by atoms with Gasteiger partial charge < -0.3 is 19.7 Å². The van der Waals surface area contributed by atoms with Gasteiger partial charge in [-0.1, -0.05) is 40.2 Å². The van der Waals surface area contributed by atoms with Gasteiger partial charge in [-0.05, 0) is 42.9 Å². The SMILES string of the molecule is COc1cc(Br)c(CC(=O)NCc2ccc(CN(C)C)cc2)cc1OC. The zero-order valence-electron chi connectivity index (χ0n) is 15.6. The Balaban J connectivity index is 1.94. The highest BCUT2D eigenvalue weighted by Gasteiger charge is 2.12. The van der Waals surface area contributed by atoms with Crippen LogP contribution in [0.5, 0.6) is 11.5 Å². The summed E-state index contributed by atoms with van der Waals surface area (Å²) in [5.41, 5.74) is 3.17. The normalized spacial score (nSPS) is 10.7. The van der Waals surface area contributed by atoms with Crippen LogP contribution in [-0.4, -0.2) is 39.1 Å². The van der Waals surface area contributed by atoms with Crippen LogP contribution in [0.15, 0.2) is 40.9 Å². The summed E-state index contributed by atoms with van der Waals surface area (Å²) in [7, 11) is 7.25. The number of carbonyl (C=O) groups excluding carboxylic acids is 1. The first kappa shape index (κ1) is 20.3. The molecule has 0 spiro atoms. The third kappa shape index (κ3) is 5.75. The topological polar surface area (TPSA) is 50.8 Å². The molecule has 0 heterocycles. The van der Waals surface area contributed by atoms with Gasteiger partial charge in [-0.3, -0.25) is 4.79 Å². The van der Waals surface area contributed by atoms with Crippen LogP contribution in [0.4, 0.5) is 0 Å². The fourth-order valence-corrected chi connectivity index (χ4v) is 3.06. The van der Waals surface area contributed by atoms with Crippen molar-refractivity contribution in [3.63, 3.8) is 0 Å². The summed E-state index contributed by atoms with van der Waals surface area (Å²) in [4.78, 5) is 14.4. The highest BCUT2D eigenvalue weighted by Crippen LogP contribution is 2.33. The fourth-order valence-electron chi connectivity index (χ4n) is 2.60. The number of carbonyl (C=O) groups is 1. The van der Waals surface area contributed by atoms with E-state index < -0.39 is 0 Å². The van der Waals surface area contributed by atoms with Crippen molar-refractivity contribution in [2.24, 2.45) is 0 Å². The van der Waals surface area contributed by atoms with E-state index in [9.17, 15) is 4.79 Å². The molecule has 0 radical (unpaired) electrons. The van der Waals surface area contributed by atoms with Gasteiger partial charge in [0, 0.05) is 17.6 Å². The van der Waals surface area contributed by atoms with E-state index in [-0.39, 0.29) is 12.3 Å². The van der Waals surface area contributed by atoms with Gasteiger partial charge in [-0.2, -0.15) is 0 Å². The third-order valence-electron chi connectivity index (χ3n) is 3.92. The van der Waals surface area contributed by atoms with Crippen LogP contribution >= 0.6 is 15.9 Å². The van der Waals surface area contributed by atoms with Crippen molar-refractivity contribution in [3.05, 3.63) is 57.6 Å². The van der Waals surface area contributed by atoms with Crippen LogP contribution in [0.3, 0.4) is 0 Å². The lowest BCUT2D eigenvalue weighted by molar-refractivity contribution is -0.120. The van der Waals surface area contributed by atoms with E-state index in [1.165, 1.54) is 5.56 Å². The lowest BCUT2D eigenvalue weighted by atomic mass is 10.1. The number of hydrogen-bond donors (Lipinski definition) is 1. The predicted octanol–water partition coefficient (Wildman–Crippen LogP) is 3.39. The Morgan fingerprint density at radius 2 is 1.62 bits per heavy atom. The summed E-state index contributed by atoms with van der Waals surface area (Å²) >= 11 is 3.48. The van der Waals surface area contributed by atoms with E-state index >= 15 is 0 Å². The number of nitrogens with zero attached hydrogens (tertiary/aromatic N) is 1. The van der Waals surface area contributed by atoms with Crippen LogP contribution in [0.25, 0.3) is 0 Å². The van der Waals surface area contributed by atoms with E-state index in [0.29, 0.717) is 18.0 Å². The van der Waals surface area contributed by atoms with Gasteiger partial charge >= 0.3 is 0 Å². The highest BCUT2D eigenvalue weighted by atomic mass is 79.9. The maximum Gasteiger partial charge on any atom is 0.224 e. The summed E-state index contributed by atoms with van der Waals surface area (Å²) in [6, 6.07) is 11.9. The zero-order chi connectivity index (χ0) is 19.1. The Bertz CT molecular complexity index is 745. The molecule has 0 aliphatic rings. The Morgan fingerprint density at radius 1 is 1.04 bits per heavy atom. The molecule has 2 aromatic rings. The van der Waals surface area contributed by atoms with Crippen molar-refractivity contribution >= 4 is 21.8 Å². The molecule has 5 nitrogen and oxygen atoms in total. The molecule has 0 fully saturated rings. The number of halogens is 1. The Labute approximate surface area is 163 Å². The molecule has 2 aromatic carbocycles. The van der Waals surface area contributed by atoms with Crippen LogP contribution in [-0.2, 0) is 24.3 Å². The predicted molar refractivity (Wildman–Crippen MR) is 107 cm³/mol. The van der Waals surface area contributed by atoms with Crippen molar-refractivity contribution in [1.29, 1.82) is 0 Å². The maximum absolute atomic E-state index is 12.3. The smallest absolute Gasteiger partial charge is 0.224 e. The zero-order valence-corrected chi connectivity index (χ0v) is 17.2. The first-order chi connectivity index (χ1) is 12.4. The van der Waals surface area contributed by atoms with Crippen LogP contribution in [0, 0.1) is 0 Å². The van der Waals surface area contributed by atoms with Crippen molar-refractivity contribution in [3.8, 4) is 11.5 Å². The number of rotatable bonds is 8. The molecule has 0 saturated heterocycles. The van der Waals surface area contributed by atoms with Crippen molar-refractivity contribution in [1.82, 2.24) is 10.2 Å². The molecular weight excluding hydrogens is 396 g/mol. The molecular formula is C20H25BrN2O3. The Kier molecular flexibility index (Phi) is 7.48. The minimum absolute atomic E-state index is 0.0460. The molecule has 6 heteroatoms. The first-order valence-electron chi connectivity index (χ1n) is 8.32. The van der Waals surface area contributed by atoms with Gasteiger partial charge in [0.2, 0.25) is 5.91 Å². The van der Waals surface area contributed by atoms with Gasteiger partial charge in [0.15, 0.2) is 11.5 Å². The summed E-state index contributed by atoms with van der Waals surface area (Å²) in [5, 5.41) is 2.96. The molecule has 0 bridgehead atoms. The molecule has 1 N–H and O–H groups in total. The molecule has 1 amide bonds. The number of nitrogens with one attached hydrogen (secondary N) is 1. The fraction of sp³-hybridized carbons (Fsp3) is 0.350. The molecule has 0 saturated carbocycles. The number of amides is 1. The van der Waals surface area contributed by atoms with Gasteiger partial charge in [-0.25, -0.2) is 0 Å². The average Bonchev–Trinajstić information content (AvgIpc) is 2.62. The molecule has 140 valence electrons. The molecule has 0 aromatic heterocycles.